The summed E-state index contributed by atoms with van der Waals surface area (Å²) >= 11 is 0. The molecule has 5 nitrogen and oxygen atoms in total. The number of hydrogen-bond acceptors (Lipinski definition) is 4. The van der Waals surface area contributed by atoms with Crippen molar-refractivity contribution in [2.24, 2.45) is 0 Å². The van der Waals surface area contributed by atoms with Gasteiger partial charge in [0, 0.05) is 11.1 Å². The molecule has 0 aliphatic carbocycles. The van der Waals surface area contributed by atoms with Crippen molar-refractivity contribution in [3.8, 4) is 11.8 Å². The molecule has 4 N–H and O–H groups in total. The van der Waals surface area contributed by atoms with Gasteiger partial charge in [-0.05, 0) is 24.3 Å². The van der Waals surface area contributed by atoms with E-state index in [-0.39, 0.29) is 5.82 Å². The predicted octanol–water partition coefficient (Wildman–Crippen LogP) is 2.52. The Morgan fingerprint density at radius 2 is 1.75 bits per heavy atom. The van der Waals surface area contributed by atoms with Gasteiger partial charge in [0.1, 0.15) is 11.6 Å². The molecule has 2 aromatic carbocycles. The monoisotopic (exact) mass is 264 g/mol. The highest BCUT2D eigenvalue weighted by Crippen LogP contribution is 2.32. The van der Waals surface area contributed by atoms with Crippen LogP contribution in [0.1, 0.15) is 5.56 Å². The Kier molecular flexibility index (Phi) is 2.70. The van der Waals surface area contributed by atoms with E-state index in [1.165, 1.54) is 4.73 Å². The molecular formula is C15H12N4O. The number of benzene rings is 2. The number of rotatable bonds is 2. The molecule has 20 heavy (non-hydrogen) atoms. The molecule has 0 saturated heterocycles. The van der Waals surface area contributed by atoms with Crippen LogP contribution >= 0.6 is 0 Å². The average Bonchev–Trinajstić information content (AvgIpc) is 2.74. The van der Waals surface area contributed by atoms with Crippen molar-refractivity contribution in [2.45, 2.75) is 0 Å². The van der Waals surface area contributed by atoms with E-state index in [9.17, 15) is 5.26 Å². The Hall–Kier alpha value is -3.13. The van der Waals surface area contributed by atoms with Gasteiger partial charge in [0.2, 0.25) is 0 Å². The van der Waals surface area contributed by atoms with Gasteiger partial charge < -0.3 is 16.3 Å². The molecule has 0 spiro atoms. The van der Waals surface area contributed by atoms with Gasteiger partial charge in [-0.15, -0.1) is 0 Å². The number of aromatic nitrogens is 1. The summed E-state index contributed by atoms with van der Waals surface area (Å²) in [5.74, 6) is 0.868. The van der Waals surface area contributed by atoms with E-state index in [4.69, 9.17) is 16.3 Å². The number of para-hydroxylation sites is 1. The number of anilines is 2. The zero-order valence-electron chi connectivity index (χ0n) is 10.6. The number of nitrogens with zero attached hydrogens (tertiary/aromatic N) is 2. The number of nitrogen functional groups attached to an aromatic ring is 2. The van der Waals surface area contributed by atoms with Crippen LogP contribution in [0.25, 0.3) is 10.9 Å². The van der Waals surface area contributed by atoms with Crippen molar-refractivity contribution in [3.63, 3.8) is 0 Å². The normalized spacial score (nSPS) is 10.3. The molecule has 0 aliphatic heterocycles. The molecule has 0 aliphatic rings. The molecule has 0 radical (unpaired) electrons. The van der Waals surface area contributed by atoms with Crippen LogP contribution in [-0.2, 0) is 0 Å². The van der Waals surface area contributed by atoms with Crippen LogP contribution in [0.4, 0.5) is 11.5 Å². The van der Waals surface area contributed by atoms with Crippen LogP contribution in [0.3, 0.4) is 0 Å². The summed E-state index contributed by atoms with van der Waals surface area (Å²) < 4.78 is 1.43. The fourth-order valence-electron chi connectivity index (χ4n) is 2.16. The molecule has 0 amide bonds. The average molecular weight is 264 g/mol. The van der Waals surface area contributed by atoms with Gasteiger partial charge in [-0.1, -0.05) is 24.3 Å². The zero-order valence-corrected chi connectivity index (χ0v) is 10.6. The third-order valence-electron chi connectivity index (χ3n) is 3.07. The number of hydrogen-bond donors (Lipinski definition) is 2. The number of nitrogens with two attached hydrogens (primary N) is 2. The molecule has 1 heterocycles. The first-order chi connectivity index (χ1) is 9.72. The molecule has 0 fully saturated rings. The Balaban J connectivity index is 2.24. The zero-order chi connectivity index (χ0) is 14.1. The first kappa shape index (κ1) is 11.9. The second kappa shape index (κ2) is 4.52. The first-order valence-corrected chi connectivity index (χ1v) is 6.04. The summed E-state index contributed by atoms with van der Waals surface area (Å²) in [5.41, 5.74) is 13.4. The second-order valence-electron chi connectivity index (χ2n) is 4.31. The molecular weight excluding hydrogens is 252 g/mol. The summed E-state index contributed by atoms with van der Waals surface area (Å²) in [5, 5.41) is 9.88. The Morgan fingerprint density at radius 3 is 2.45 bits per heavy atom. The smallest absolute Gasteiger partial charge is 0.159 e. The predicted molar refractivity (Wildman–Crippen MR) is 77.9 cm³/mol. The maximum Gasteiger partial charge on any atom is 0.159 e. The SMILES string of the molecule is N#Cc1c(N)n(Oc2ccccc2)c2cccc(N)c12. The third kappa shape index (κ3) is 1.71. The van der Waals surface area contributed by atoms with Crippen molar-refractivity contribution >= 4 is 22.4 Å². The Labute approximate surface area is 115 Å². The molecule has 1 aromatic heterocycles. The van der Waals surface area contributed by atoms with Crippen molar-refractivity contribution in [1.82, 2.24) is 4.73 Å². The lowest BCUT2D eigenvalue weighted by molar-refractivity contribution is 0.235. The van der Waals surface area contributed by atoms with Gasteiger partial charge in [0.25, 0.3) is 0 Å². The topological polar surface area (TPSA) is 90.0 Å². The van der Waals surface area contributed by atoms with Crippen LogP contribution < -0.4 is 16.3 Å². The van der Waals surface area contributed by atoms with Crippen LogP contribution in [0.15, 0.2) is 48.5 Å². The van der Waals surface area contributed by atoms with Gasteiger partial charge in [0.15, 0.2) is 11.6 Å². The van der Waals surface area contributed by atoms with Crippen LogP contribution in [0.5, 0.6) is 5.75 Å². The minimum Gasteiger partial charge on any atom is -0.398 e. The lowest BCUT2D eigenvalue weighted by atomic mass is 10.1. The maximum atomic E-state index is 9.27. The van der Waals surface area contributed by atoms with Gasteiger partial charge >= 0.3 is 0 Å². The summed E-state index contributed by atoms with van der Waals surface area (Å²) in [6.07, 6.45) is 0. The molecule has 98 valence electrons. The van der Waals surface area contributed by atoms with E-state index in [0.717, 1.165) is 0 Å². The standard InChI is InChI=1S/C15H12N4O/c16-9-11-14-12(17)7-4-8-13(14)19(15(11)18)20-10-5-2-1-3-6-10/h1-8H,17-18H2. The molecule has 3 aromatic rings. The molecule has 0 atom stereocenters. The summed E-state index contributed by atoms with van der Waals surface area (Å²) in [6, 6.07) is 16.6. The summed E-state index contributed by atoms with van der Waals surface area (Å²) in [7, 11) is 0. The lowest BCUT2D eigenvalue weighted by Crippen LogP contribution is -2.08. The highest BCUT2D eigenvalue weighted by molar-refractivity contribution is 6.00. The fraction of sp³-hybridized carbons (Fsp3) is 0. The second-order valence-corrected chi connectivity index (χ2v) is 4.31. The van der Waals surface area contributed by atoms with Gasteiger partial charge in [-0.25, -0.2) is 0 Å². The first-order valence-electron chi connectivity index (χ1n) is 6.04. The highest BCUT2D eigenvalue weighted by atomic mass is 16.7. The van der Waals surface area contributed by atoms with E-state index >= 15 is 0 Å². The van der Waals surface area contributed by atoms with E-state index < -0.39 is 0 Å². The third-order valence-corrected chi connectivity index (χ3v) is 3.07. The molecule has 0 saturated carbocycles. The minimum atomic E-state index is 0.240. The fourth-order valence-corrected chi connectivity index (χ4v) is 2.16. The number of fused-ring (bicyclic) bond motifs is 1. The van der Waals surface area contributed by atoms with Crippen molar-refractivity contribution in [2.75, 3.05) is 11.5 Å². The van der Waals surface area contributed by atoms with E-state index in [1.807, 2.05) is 36.4 Å². The van der Waals surface area contributed by atoms with Crippen LogP contribution in [-0.4, -0.2) is 4.73 Å². The minimum absolute atomic E-state index is 0.240. The van der Waals surface area contributed by atoms with Gasteiger partial charge in [-0.2, -0.15) is 9.99 Å². The Morgan fingerprint density at radius 1 is 1.00 bits per heavy atom. The highest BCUT2D eigenvalue weighted by Gasteiger charge is 2.18. The van der Waals surface area contributed by atoms with Crippen molar-refractivity contribution in [3.05, 3.63) is 54.1 Å². The summed E-state index contributed by atoms with van der Waals surface area (Å²) in [6.45, 7) is 0. The van der Waals surface area contributed by atoms with E-state index in [1.54, 1.807) is 12.1 Å². The number of nitriles is 1. The van der Waals surface area contributed by atoms with Gasteiger partial charge in [-0.3, -0.25) is 0 Å². The van der Waals surface area contributed by atoms with Crippen molar-refractivity contribution < 1.29 is 4.84 Å². The lowest BCUT2D eigenvalue weighted by Gasteiger charge is -2.09. The van der Waals surface area contributed by atoms with Gasteiger partial charge in [0.05, 0.1) is 5.52 Å². The maximum absolute atomic E-state index is 9.27. The summed E-state index contributed by atoms with van der Waals surface area (Å²) in [4.78, 5) is 5.74. The van der Waals surface area contributed by atoms with Crippen molar-refractivity contribution in [1.29, 1.82) is 5.26 Å². The van der Waals surface area contributed by atoms with Crippen LogP contribution in [0, 0.1) is 11.3 Å². The van der Waals surface area contributed by atoms with E-state index in [2.05, 4.69) is 6.07 Å². The molecule has 0 unspecified atom stereocenters. The largest absolute Gasteiger partial charge is 0.398 e. The quantitative estimate of drug-likeness (QED) is 0.696. The molecule has 0 bridgehead atoms. The molecule has 5 heteroatoms. The van der Waals surface area contributed by atoms with E-state index in [0.29, 0.717) is 27.9 Å². The van der Waals surface area contributed by atoms with Crippen LogP contribution in [0.2, 0.25) is 0 Å². The molecule has 3 rings (SSSR count). The Bertz CT molecular complexity index is 815.